The molecule has 3 heteroatoms. The summed E-state index contributed by atoms with van der Waals surface area (Å²) in [6, 6.07) is 9.68. The fourth-order valence-corrected chi connectivity index (χ4v) is 1.92. The second kappa shape index (κ2) is 5.70. The zero-order valence-electron chi connectivity index (χ0n) is 11.1. The average Bonchev–Trinajstić information content (AvgIpc) is 2.25. The van der Waals surface area contributed by atoms with E-state index in [0.29, 0.717) is 5.56 Å². The highest BCUT2D eigenvalue weighted by Gasteiger charge is 2.18. The summed E-state index contributed by atoms with van der Waals surface area (Å²) in [5, 5.41) is 12.1. The van der Waals surface area contributed by atoms with Gasteiger partial charge in [0.25, 0.3) is 0 Å². The second-order valence-electron chi connectivity index (χ2n) is 5.44. The van der Waals surface area contributed by atoms with Crippen LogP contribution < -0.4 is 5.32 Å². The lowest BCUT2D eigenvalue weighted by atomic mass is 9.93. The van der Waals surface area contributed by atoms with Crippen molar-refractivity contribution in [3.8, 4) is 6.07 Å². The van der Waals surface area contributed by atoms with Gasteiger partial charge in [0.05, 0.1) is 11.6 Å². The molecule has 0 heterocycles. The van der Waals surface area contributed by atoms with Crippen molar-refractivity contribution in [3.63, 3.8) is 0 Å². The maximum absolute atomic E-state index is 8.71. The van der Waals surface area contributed by atoms with Crippen LogP contribution in [0.25, 0.3) is 0 Å². The predicted molar refractivity (Wildman–Crippen MR) is 72.0 cm³/mol. The van der Waals surface area contributed by atoms with E-state index in [-0.39, 0.29) is 5.41 Å². The van der Waals surface area contributed by atoms with Crippen molar-refractivity contribution in [2.75, 3.05) is 32.5 Å². The van der Waals surface area contributed by atoms with Crippen molar-refractivity contribution in [2.24, 2.45) is 5.41 Å². The van der Waals surface area contributed by atoms with Gasteiger partial charge in [0.1, 0.15) is 0 Å². The van der Waals surface area contributed by atoms with Crippen LogP contribution in [0.15, 0.2) is 24.3 Å². The van der Waals surface area contributed by atoms with Gasteiger partial charge in [-0.3, -0.25) is 0 Å². The topological polar surface area (TPSA) is 39.1 Å². The molecule has 0 aliphatic heterocycles. The van der Waals surface area contributed by atoms with Crippen LogP contribution in [0.3, 0.4) is 0 Å². The van der Waals surface area contributed by atoms with Gasteiger partial charge in [-0.05, 0) is 43.8 Å². The molecule has 0 unspecified atom stereocenters. The molecule has 1 rings (SSSR count). The maximum Gasteiger partial charge on any atom is 0.0991 e. The average molecular weight is 231 g/mol. The monoisotopic (exact) mass is 231 g/mol. The maximum atomic E-state index is 8.71. The number of nitrogens with zero attached hydrogens (tertiary/aromatic N) is 2. The Morgan fingerprint density at radius 3 is 2.29 bits per heavy atom. The molecule has 1 aromatic carbocycles. The van der Waals surface area contributed by atoms with Crippen molar-refractivity contribution in [1.29, 1.82) is 5.26 Å². The first-order valence-corrected chi connectivity index (χ1v) is 5.82. The van der Waals surface area contributed by atoms with Gasteiger partial charge in [-0.15, -0.1) is 0 Å². The minimum Gasteiger partial charge on any atom is -0.384 e. The molecular formula is C14H21N3. The molecule has 0 radical (unpaired) electrons. The molecule has 92 valence electrons. The molecule has 0 aliphatic carbocycles. The Balaban J connectivity index is 2.52. The molecular weight excluding hydrogens is 210 g/mol. The number of hydrogen-bond donors (Lipinski definition) is 1. The SMILES string of the molecule is CN(C)CC(C)(C)CNc1ccc(C#N)cc1. The third kappa shape index (κ3) is 4.88. The van der Waals surface area contributed by atoms with Crippen LogP contribution in [0.5, 0.6) is 0 Å². The van der Waals surface area contributed by atoms with Crippen molar-refractivity contribution in [2.45, 2.75) is 13.8 Å². The Morgan fingerprint density at radius 2 is 1.82 bits per heavy atom. The zero-order chi connectivity index (χ0) is 12.9. The molecule has 3 nitrogen and oxygen atoms in total. The number of benzene rings is 1. The van der Waals surface area contributed by atoms with E-state index in [9.17, 15) is 0 Å². The van der Waals surface area contributed by atoms with Crippen molar-refractivity contribution >= 4 is 5.69 Å². The molecule has 17 heavy (non-hydrogen) atoms. The predicted octanol–water partition coefficient (Wildman–Crippen LogP) is 2.56. The Labute approximate surface area is 104 Å². The van der Waals surface area contributed by atoms with Crippen molar-refractivity contribution in [3.05, 3.63) is 29.8 Å². The van der Waals surface area contributed by atoms with Crippen LogP contribution >= 0.6 is 0 Å². The van der Waals surface area contributed by atoms with Gasteiger partial charge in [-0.2, -0.15) is 5.26 Å². The molecule has 0 saturated carbocycles. The highest BCUT2D eigenvalue weighted by Crippen LogP contribution is 2.18. The molecule has 0 atom stereocenters. The lowest BCUT2D eigenvalue weighted by molar-refractivity contribution is 0.254. The second-order valence-corrected chi connectivity index (χ2v) is 5.44. The quantitative estimate of drug-likeness (QED) is 0.846. The van der Waals surface area contributed by atoms with Crippen molar-refractivity contribution < 1.29 is 0 Å². The standard InChI is InChI=1S/C14H21N3/c1-14(2,11-17(3)4)10-16-13-7-5-12(9-15)6-8-13/h5-8,16H,10-11H2,1-4H3. The van der Waals surface area contributed by atoms with Crippen LogP contribution in [0.4, 0.5) is 5.69 Å². The van der Waals surface area contributed by atoms with E-state index < -0.39 is 0 Å². The summed E-state index contributed by atoms with van der Waals surface area (Å²) in [5.74, 6) is 0. The van der Waals surface area contributed by atoms with Gasteiger partial charge in [0.15, 0.2) is 0 Å². The van der Waals surface area contributed by atoms with E-state index in [4.69, 9.17) is 5.26 Å². The molecule has 1 N–H and O–H groups in total. The molecule has 0 fully saturated rings. The van der Waals surface area contributed by atoms with Gasteiger partial charge < -0.3 is 10.2 Å². The van der Waals surface area contributed by atoms with E-state index in [1.54, 1.807) is 0 Å². The van der Waals surface area contributed by atoms with E-state index in [0.717, 1.165) is 18.8 Å². The molecule has 0 saturated heterocycles. The minimum absolute atomic E-state index is 0.220. The van der Waals surface area contributed by atoms with Crippen LogP contribution in [-0.2, 0) is 0 Å². The first-order chi connectivity index (χ1) is 7.93. The molecule has 0 aromatic heterocycles. The van der Waals surface area contributed by atoms with Gasteiger partial charge in [-0.1, -0.05) is 13.8 Å². The normalized spacial score (nSPS) is 11.3. The van der Waals surface area contributed by atoms with Gasteiger partial charge >= 0.3 is 0 Å². The third-order valence-corrected chi connectivity index (χ3v) is 2.53. The Kier molecular flexibility index (Phi) is 4.53. The highest BCUT2D eigenvalue weighted by atomic mass is 15.1. The van der Waals surface area contributed by atoms with Gasteiger partial charge in [0.2, 0.25) is 0 Å². The smallest absolute Gasteiger partial charge is 0.0991 e. The summed E-state index contributed by atoms with van der Waals surface area (Å²) < 4.78 is 0. The van der Waals surface area contributed by atoms with Crippen LogP contribution in [0.1, 0.15) is 19.4 Å². The summed E-state index contributed by atoms with van der Waals surface area (Å²) >= 11 is 0. The summed E-state index contributed by atoms with van der Waals surface area (Å²) in [6.45, 7) is 6.43. The Hall–Kier alpha value is -1.53. The summed E-state index contributed by atoms with van der Waals surface area (Å²) in [5.41, 5.74) is 1.98. The number of nitrogens with one attached hydrogen (secondary N) is 1. The van der Waals surface area contributed by atoms with Gasteiger partial charge in [0, 0.05) is 18.8 Å². The number of hydrogen-bond acceptors (Lipinski definition) is 3. The fourth-order valence-electron chi connectivity index (χ4n) is 1.92. The minimum atomic E-state index is 0.220. The number of anilines is 1. The fraction of sp³-hybridized carbons (Fsp3) is 0.500. The van der Waals surface area contributed by atoms with E-state index in [1.807, 2.05) is 24.3 Å². The molecule has 0 amide bonds. The van der Waals surface area contributed by atoms with E-state index in [1.165, 1.54) is 0 Å². The summed E-state index contributed by atoms with van der Waals surface area (Å²) in [4.78, 5) is 2.19. The van der Waals surface area contributed by atoms with E-state index >= 15 is 0 Å². The largest absolute Gasteiger partial charge is 0.384 e. The first-order valence-electron chi connectivity index (χ1n) is 5.82. The third-order valence-electron chi connectivity index (χ3n) is 2.53. The molecule has 0 bridgehead atoms. The Bertz CT molecular complexity index is 385. The van der Waals surface area contributed by atoms with E-state index in [2.05, 4.69) is 44.2 Å². The number of rotatable bonds is 5. The summed E-state index contributed by atoms with van der Waals surface area (Å²) in [7, 11) is 4.17. The van der Waals surface area contributed by atoms with Crippen LogP contribution in [0, 0.1) is 16.7 Å². The van der Waals surface area contributed by atoms with Gasteiger partial charge in [-0.25, -0.2) is 0 Å². The molecule has 1 aromatic rings. The Morgan fingerprint density at radius 1 is 1.24 bits per heavy atom. The highest BCUT2D eigenvalue weighted by molar-refractivity contribution is 5.47. The number of nitriles is 1. The molecule has 0 aliphatic rings. The lowest BCUT2D eigenvalue weighted by Gasteiger charge is -2.28. The van der Waals surface area contributed by atoms with Crippen LogP contribution in [-0.4, -0.2) is 32.1 Å². The zero-order valence-corrected chi connectivity index (χ0v) is 11.1. The lowest BCUT2D eigenvalue weighted by Crippen LogP contribution is -2.34. The van der Waals surface area contributed by atoms with Crippen molar-refractivity contribution in [1.82, 2.24) is 4.90 Å². The first kappa shape index (κ1) is 13.5. The van der Waals surface area contributed by atoms with Crippen LogP contribution in [0.2, 0.25) is 0 Å². The molecule has 0 spiro atoms. The summed E-state index contributed by atoms with van der Waals surface area (Å²) in [6.07, 6.45) is 0.